The smallest absolute Gasteiger partial charge is 0.262 e. The van der Waals surface area contributed by atoms with Gasteiger partial charge in [0.1, 0.15) is 17.8 Å². The molecule has 0 radical (unpaired) electrons. The maximum Gasteiger partial charge on any atom is 0.262 e. The van der Waals surface area contributed by atoms with Crippen LogP contribution in [0.2, 0.25) is 0 Å². The van der Waals surface area contributed by atoms with Crippen LogP contribution in [0.25, 0.3) is 0 Å². The van der Waals surface area contributed by atoms with Crippen molar-refractivity contribution in [2.24, 2.45) is 0 Å². The molecular formula is C20H24N2O5. The first-order valence-corrected chi connectivity index (χ1v) is 9.05. The number of hydrogen-bond acceptors (Lipinski definition) is 6. The molecule has 1 aromatic heterocycles. The number of methoxy groups -OCH3 is 1. The molecule has 1 N–H and O–H groups in total. The highest BCUT2D eigenvalue weighted by Gasteiger charge is 2.14. The molecular weight excluding hydrogens is 348 g/mol. The molecule has 1 aromatic carbocycles. The second-order valence-corrected chi connectivity index (χ2v) is 6.45. The number of carbonyl (C=O) groups is 1. The molecule has 2 aromatic rings. The monoisotopic (exact) mass is 372 g/mol. The number of rotatable bonds is 7. The summed E-state index contributed by atoms with van der Waals surface area (Å²) in [6.07, 6.45) is 4.88. The first-order chi connectivity index (χ1) is 13.2. The highest BCUT2D eigenvalue weighted by atomic mass is 16.5. The molecule has 0 aliphatic carbocycles. The minimum atomic E-state index is -0.392. The Morgan fingerprint density at radius 2 is 1.96 bits per heavy atom. The first-order valence-electron chi connectivity index (χ1n) is 9.05. The average molecular weight is 372 g/mol. The molecule has 144 valence electrons. The zero-order chi connectivity index (χ0) is 19.1. The second-order valence-electron chi connectivity index (χ2n) is 6.45. The topological polar surface area (TPSA) is 81.0 Å². The lowest BCUT2D eigenvalue weighted by Crippen LogP contribution is -2.29. The van der Waals surface area contributed by atoms with Crippen molar-refractivity contribution in [3.63, 3.8) is 0 Å². The molecule has 1 fully saturated rings. The SMILES string of the molecule is COc1ccccc1NC(=O)COc1coc(CN2CCCCC2)cc1=O. The summed E-state index contributed by atoms with van der Waals surface area (Å²) in [5.74, 6) is 0.781. The lowest BCUT2D eigenvalue weighted by Gasteiger charge is -2.25. The van der Waals surface area contributed by atoms with Gasteiger partial charge in [0, 0.05) is 6.07 Å². The Kier molecular flexibility index (Phi) is 6.49. The molecule has 1 aliphatic rings. The van der Waals surface area contributed by atoms with E-state index in [2.05, 4.69) is 10.2 Å². The highest BCUT2D eigenvalue weighted by Crippen LogP contribution is 2.22. The Labute approximate surface area is 157 Å². The fraction of sp³-hybridized carbons (Fsp3) is 0.400. The summed E-state index contributed by atoms with van der Waals surface area (Å²) in [5.41, 5.74) is 0.246. The molecule has 1 aliphatic heterocycles. The minimum absolute atomic E-state index is 0.0209. The summed E-state index contributed by atoms with van der Waals surface area (Å²) in [5, 5.41) is 2.69. The number of anilines is 1. The summed E-state index contributed by atoms with van der Waals surface area (Å²) in [7, 11) is 1.53. The van der Waals surface area contributed by atoms with Gasteiger partial charge in [-0.2, -0.15) is 0 Å². The predicted molar refractivity (Wildman–Crippen MR) is 101 cm³/mol. The molecule has 1 amide bonds. The zero-order valence-electron chi connectivity index (χ0n) is 15.4. The third kappa shape index (κ3) is 5.34. The Balaban J connectivity index is 1.54. The summed E-state index contributed by atoms with van der Waals surface area (Å²) in [6, 6.07) is 8.49. The van der Waals surface area contributed by atoms with Crippen molar-refractivity contribution >= 4 is 11.6 Å². The van der Waals surface area contributed by atoms with E-state index in [9.17, 15) is 9.59 Å². The number of piperidine rings is 1. The van der Waals surface area contributed by atoms with Crippen molar-refractivity contribution in [1.82, 2.24) is 4.90 Å². The van der Waals surface area contributed by atoms with Crippen LogP contribution in [0.4, 0.5) is 5.69 Å². The van der Waals surface area contributed by atoms with Crippen LogP contribution in [0.1, 0.15) is 25.0 Å². The largest absolute Gasteiger partial charge is 0.495 e. The van der Waals surface area contributed by atoms with Gasteiger partial charge in [0.25, 0.3) is 5.91 Å². The van der Waals surface area contributed by atoms with Crippen LogP contribution in [-0.4, -0.2) is 37.6 Å². The number of nitrogens with one attached hydrogen (secondary N) is 1. The van der Waals surface area contributed by atoms with Gasteiger partial charge in [-0.1, -0.05) is 18.6 Å². The number of amides is 1. The van der Waals surface area contributed by atoms with Crippen molar-refractivity contribution in [1.29, 1.82) is 0 Å². The average Bonchev–Trinajstić information content (AvgIpc) is 2.68. The van der Waals surface area contributed by atoms with E-state index in [4.69, 9.17) is 13.9 Å². The molecule has 0 atom stereocenters. The lowest BCUT2D eigenvalue weighted by molar-refractivity contribution is -0.118. The van der Waals surface area contributed by atoms with Gasteiger partial charge in [0.15, 0.2) is 6.61 Å². The summed E-state index contributed by atoms with van der Waals surface area (Å²) < 4.78 is 16.0. The molecule has 27 heavy (non-hydrogen) atoms. The van der Waals surface area contributed by atoms with Crippen LogP contribution in [0.5, 0.6) is 11.5 Å². The number of benzene rings is 1. The third-order valence-corrected chi connectivity index (χ3v) is 4.42. The van der Waals surface area contributed by atoms with E-state index in [-0.39, 0.29) is 17.8 Å². The van der Waals surface area contributed by atoms with Gasteiger partial charge in [0.05, 0.1) is 19.3 Å². The number of nitrogens with zero attached hydrogens (tertiary/aromatic N) is 1. The van der Waals surface area contributed by atoms with E-state index >= 15 is 0 Å². The summed E-state index contributed by atoms with van der Waals surface area (Å²) in [4.78, 5) is 26.5. The van der Waals surface area contributed by atoms with E-state index in [1.54, 1.807) is 18.2 Å². The van der Waals surface area contributed by atoms with E-state index in [0.29, 0.717) is 23.7 Å². The second kappa shape index (κ2) is 9.23. The van der Waals surface area contributed by atoms with Crippen LogP contribution in [0.15, 0.2) is 45.8 Å². The van der Waals surface area contributed by atoms with Gasteiger partial charge in [0.2, 0.25) is 11.2 Å². The third-order valence-electron chi connectivity index (χ3n) is 4.42. The maximum absolute atomic E-state index is 12.2. The lowest BCUT2D eigenvalue weighted by atomic mass is 10.1. The molecule has 0 spiro atoms. The standard InChI is InChI=1S/C20H24N2O5/c1-25-18-8-4-3-7-16(18)21-20(24)14-27-19-13-26-15(11-17(19)23)12-22-9-5-2-6-10-22/h3-4,7-8,11,13H,2,5-6,9-10,12,14H2,1H3,(H,21,24). The predicted octanol–water partition coefficient (Wildman–Crippen LogP) is 2.65. The molecule has 0 unspecified atom stereocenters. The van der Waals surface area contributed by atoms with E-state index in [1.165, 1.54) is 38.7 Å². The van der Waals surface area contributed by atoms with Crippen LogP contribution in [0.3, 0.4) is 0 Å². The highest BCUT2D eigenvalue weighted by molar-refractivity contribution is 5.93. The number of hydrogen-bond donors (Lipinski definition) is 1. The molecule has 0 saturated carbocycles. The number of carbonyl (C=O) groups excluding carboxylic acids is 1. The van der Waals surface area contributed by atoms with Gasteiger partial charge in [-0.05, 0) is 38.1 Å². The van der Waals surface area contributed by atoms with Crippen LogP contribution >= 0.6 is 0 Å². The van der Waals surface area contributed by atoms with Crippen molar-refractivity contribution in [2.75, 3.05) is 32.1 Å². The van der Waals surface area contributed by atoms with Gasteiger partial charge in [-0.3, -0.25) is 14.5 Å². The van der Waals surface area contributed by atoms with Crippen LogP contribution < -0.4 is 20.2 Å². The van der Waals surface area contributed by atoms with Crippen LogP contribution in [-0.2, 0) is 11.3 Å². The molecule has 2 heterocycles. The number of para-hydroxylation sites is 2. The van der Waals surface area contributed by atoms with Crippen molar-refractivity contribution in [3.8, 4) is 11.5 Å². The van der Waals surface area contributed by atoms with Gasteiger partial charge in [-0.15, -0.1) is 0 Å². The van der Waals surface area contributed by atoms with Crippen LogP contribution in [0, 0.1) is 0 Å². The molecule has 1 saturated heterocycles. The fourth-order valence-electron chi connectivity index (χ4n) is 3.04. The van der Waals surface area contributed by atoms with Crippen molar-refractivity contribution < 1.29 is 18.7 Å². The minimum Gasteiger partial charge on any atom is -0.495 e. The normalized spacial score (nSPS) is 14.6. The fourth-order valence-corrected chi connectivity index (χ4v) is 3.04. The van der Waals surface area contributed by atoms with Crippen molar-refractivity contribution in [2.45, 2.75) is 25.8 Å². The van der Waals surface area contributed by atoms with E-state index < -0.39 is 5.91 Å². The molecule has 3 rings (SSSR count). The Hall–Kier alpha value is -2.80. The zero-order valence-corrected chi connectivity index (χ0v) is 15.4. The van der Waals surface area contributed by atoms with Gasteiger partial charge >= 0.3 is 0 Å². The summed E-state index contributed by atoms with van der Waals surface area (Å²) in [6.45, 7) is 2.36. The molecule has 7 nitrogen and oxygen atoms in total. The van der Waals surface area contributed by atoms with E-state index in [1.807, 2.05) is 6.07 Å². The Bertz CT molecular complexity index is 827. The maximum atomic E-state index is 12.2. The van der Waals surface area contributed by atoms with Gasteiger partial charge in [-0.25, -0.2) is 0 Å². The molecule has 7 heteroatoms. The number of ether oxygens (including phenoxy) is 2. The molecule has 0 bridgehead atoms. The summed E-state index contributed by atoms with van der Waals surface area (Å²) >= 11 is 0. The Morgan fingerprint density at radius 1 is 1.19 bits per heavy atom. The Morgan fingerprint density at radius 3 is 2.70 bits per heavy atom. The quantitative estimate of drug-likeness (QED) is 0.805. The first kappa shape index (κ1) is 19.0. The van der Waals surface area contributed by atoms with Crippen molar-refractivity contribution in [3.05, 3.63) is 52.6 Å². The number of likely N-dealkylation sites (tertiary alicyclic amines) is 1. The van der Waals surface area contributed by atoms with Gasteiger partial charge < -0.3 is 19.2 Å². The van der Waals surface area contributed by atoms with E-state index in [0.717, 1.165) is 13.1 Å².